The molecule has 0 aromatic rings. The molecule has 0 atom stereocenters. The molecule has 17 heavy (non-hydrogen) atoms. The molecule has 0 aromatic heterocycles. The second kappa shape index (κ2) is 7.48. The monoisotopic (exact) mass is 260 g/mol. The Balaban J connectivity index is 2.22. The van der Waals surface area contributed by atoms with Gasteiger partial charge >= 0.3 is 8.56 Å². The normalized spacial score (nSPS) is 19.8. The first-order valence-corrected chi connectivity index (χ1v) is 9.21. The number of hydrogen-bond acceptors (Lipinski definition) is 4. The molecule has 4 nitrogen and oxygen atoms in total. The van der Waals surface area contributed by atoms with Gasteiger partial charge in [-0.2, -0.15) is 0 Å². The summed E-state index contributed by atoms with van der Waals surface area (Å²) in [5, 5.41) is 0. The van der Waals surface area contributed by atoms with E-state index < -0.39 is 8.56 Å². The molecule has 1 rings (SSSR count). The third-order valence-electron chi connectivity index (χ3n) is 3.75. The zero-order valence-electron chi connectivity index (χ0n) is 11.9. The Labute approximate surface area is 107 Å². The molecule has 0 spiro atoms. The predicted molar refractivity (Wildman–Crippen MR) is 73.6 cm³/mol. The number of piperazine rings is 1. The van der Waals surface area contributed by atoms with Crippen LogP contribution in [0.4, 0.5) is 0 Å². The van der Waals surface area contributed by atoms with Crippen molar-refractivity contribution in [2.75, 3.05) is 53.5 Å². The van der Waals surface area contributed by atoms with Gasteiger partial charge in [-0.1, -0.05) is 6.92 Å². The Morgan fingerprint density at radius 3 is 1.82 bits per heavy atom. The fourth-order valence-electron chi connectivity index (χ4n) is 2.20. The highest BCUT2D eigenvalue weighted by Crippen LogP contribution is 2.13. The second-order valence-corrected chi connectivity index (χ2v) is 8.56. The summed E-state index contributed by atoms with van der Waals surface area (Å²) in [6, 6.07) is 1.06. The van der Waals surface area contributed by atoms with Crippen LogP contribution in [0.25, 0.3) is 0 Å². The molecule has 0 amide bonds. The summed E-state index contributed by atoms with van der Waals surface area (Å²) in [6.07, 6.45) is 1.26. The van der Waals surface area contributed by atoms with Crippen molar-refractivity contribution in [2.24, 2.45) is 0 Å². The van der Waals surface area contributed by atoms with E-state index in [2.05, 4.69) is 23.3 Å². The third kappa shape index (κ3) is 5.05. The Kier molecular flexibility index (Phi) is 6.65. The molecule has 0 saturated carbocycles. The summed E-state index contributed by atoms with van der Waals surface area (Å²) in [5.74, 6) is 0. The number of nitrogens with zero attached hydrogens (tertiary/aromatic N) is 2. The van der Waals surface area contributed by atoms with Crippen LogP contribution in [0.2, 0.25) is 12.6 Å². The fourth-order valence-corrected chi connectivity index (χ4v) is 3.50. The summed E-state index contributed by atoms with van der Waals surface area (Å²) in [5.41, 5.74) is 0. The van der Waals surface area contributed by atoms with Crippen LogP contribution in [0, 0.1) is 0 Å². The van der Waals surface area contributed by atoms with E-state index in [0.717, 1.165) is 12.6 Å². The van der Waals surface area contributed by atoms with Gasteiger partial charge in [0.2, 0.25) is 0 Å². The summed E-state index contributed by atoms with van der Waals surface area (Å²) < 4.78 is 11.0. The van der Waals surface area contributed by atoms with Gasteiger partial charge in [-0.15, -0.1) is 0 Å². The minimum absolute atomic E-state index is 1.06. The third-order valence-corrected chi connectivity index (χ3v) is 6.61. The van der Waals surface area contributed by atoms with Crippen molar-refractivity contribution in [3.05, 3.63) is 0 Å². The molecule has 1 fully saturated rings. The van der Waals surface area contributed by atoms with E-state index in [1.54, 1.807) is 14.2 Å². The van der Waals surface area contributed by atoms with Gasteiger partial charge in [0.25, 0.3) is 0 Å². The molecule has 5 heteroatoms. The second-order valence-electron chi connectivity index (χ2n) is 4.98. The highest BCUT2D eigenvalue weighted by atomic mass is 28.4. The highest BCUT2D eigenvalue weighted by Gasteiger charge is 2.29. The van der Waals surface area contributed by atoms with Gasteiger partial charge in [0, 0.05) is 53.0 Å². The van der Waals surface area contributed by atoms with Gasteiger partial charge in [-0.05, 0) is 19.5 Å². The van der Waals surface area contributed by atoms with Crippen LogP contribution in [-0.4, -0.2) is 71.8 Å². The molecule has 0 radical (unpaired) electrons. The molecule has 1 aliphatic heterocycles. The largest absolute Gasteiger partial charge is 0.398 e. The molecule has 102 valence electrons. The van der Waals surface area contributed by atoms with E-state index in [0.29, 0.717) is 0 Å². The molecule has 1 saturated heterocycles. The average Bonchev–Trinajstić information content (AvgIpc) is 2.38. The van der Waals surface area contributed by atoms with E-state index in [1.807, 2.05) is 0 Å². The predicted octanol–water partition coefficient (Wildman–Crippen LogP) is 1.38. The summed E-state index contributed by atoms with van der Waals surface area (Å²) in [7, 11) is 1.68. The maximum atomic E-state index is 5.52. The van der Waals surface area contributed by atoms with Crippen molar-refractivity contribution in [3.8, 4) is 0 Å². The Bertz CT molecular complexity index is 205. The lowest BCUT2D eigenvalue weighted by molar-refractivity contribution is 0.133. The van der Waals surface area contributed by atoms with Crippen molar-refractivity contribution >= 4 is 8.56 Å². The molecular formula is C12H28N2O2Si. The van der Waals surface area contributed by atoms with Gasteiger partial charge in [0.15, 0.2) is 0 Å². The SMILES string of the molecule is CCCN1CCN(CC[Si](C)(OC)OC)CC1. The van der Waals surface area contributed by atoms with Crippen LogP contribution in [0.5, 0.6) is 0 Å². The number of rotatable bonds is 7. The molecule has 0 N–H and O–H groups in total. The minimum Gasteiger partial charge on any atom is -0.398 e. The van der Waals surface area contributed by atoms with Gasteiger partial charge in [0.1, 0.15) is 0 Å². The van der Waals surface area contributed by atoms with E-state index in [9.17, 15) is 0 Å². The van der Waals surface area contributed by atoms with E-state index in [1.165, 1.54) is 39.1 Å². The average molecular weight is 260 g/mol. The van der Waals surface area contributed by atoms with E-state index in [4.69, 9.17) is 8.85 Å². The summed E-state index contributed by atoms with van der Waals surface area (Å²) >= 11 is 0. The van der Waals surface area contributed by atoms with Crippen LogP contribution >= 0.6 is 0 Å². The van der Waals surface area contributed by atoms with Crippen molar-refractivity contribution in [1.29, 1.82) is 0 Å². The first-order chi connectivity index (χ1) is 8.13. The molecule has 1 heterocycles. The van der Waals surface area contributed by atoms with Gasteiger partial charge in [-0.25, -0.2) is 0 Å². The lowest BCUT2D eigenvalue weighted by Gasteiger charge is -2.35. The van der Waals surface area contributed by atoms with Crippen molar-refractivity contribution in [2.45, 2.75) is 25.9 Å². The lowest BCUT2D eigenvalue weighted by atomic mass is 10.3. The van der Waals surface area contributed by atoms with Gasteiger partial charge in [0.05, 0.1) is 0 Å². The number of hydrogen-bond donors (Lipinski definition) is 0. The molecular weight excluding hydrogens is 232 g/mol. The highest BCUT2D eigenvalue weighted by molar-refractivity contribution is 6.66. The molecule has 0 aliphatic carbocycles. The molecule has 1 aliphatic rings. The fraction of sp³-hybridized carbons (Fsp3) is 1.00. The van der Waals surface area contributed by atoms with Crippen molar-refractivity contribution in [3.63, 3.8) is 0 Å². The standard InChI is InChI=1S/C12H28N2O2Si/c1-5-6-13-7-9-14(10-8-13)11-12-17(4,15-2)16-3/h5-12H2,1-4H3. The molecule has 0 aromatic carbocycles. The Hall–Kier alpha value is 0.0569. The zero-order chi connectivity index (χ0) is 12.7. The van der Waals surface area contributed by atoms with Crippen LogP contribution < -0.4 is 0 Å². The van der Waals surface area contributed by atoms with E-state index in [-0.39, 0.29) is 0 Å². The zero-order valence-corrected chi connectivity index (χ0v) is 12.9. The first kappa shape index (κ1) is 15.1. The van der Waals surface area contributed by atoms with Crippen LogP contribution in [-0.2, 0) is 8.85 Å². The maximum absolute atomic E-state index is 5.52. The van der Waals surface area contributed by atoms with Gasteiger partial charge in [-0.3, -0.25) is 0 Å². The summed E-state index contributed by atoms with van der Waals surface area (Å²) in [4.78, 5) is 5.09. The Morgan fingerprint density at radius 2 is 1.41 bits per heavy atom. The van der Waals surface area contributed by atoms with Crippen molar-refractivity contribution in [1.82, 2.24) is 9.80 Å². The van der Waals surface area contributed by atoms with Gasteiger partial charge < -0.3 is 18.7 Å². The smallest absolute Gasteiger partial charge is 0.335 e. The van der Waals surface area contributed by atoms with Crippen LogP contribution in [0.3, 0.4) is 0 Å². The summed E-state index contributed by atoms with van der Waals surface area (Å²) in [6.45, 7) is 11.6. The van der Waals surface area contributed by atoms with Crippen molar-refractivity contribution < 1.29 is 8.85 Å². The lowest BCUT2D eigenvalue weighted by Crippen LogP contribution is -2.48. The topological polar surface area (TPSA) is 24.9 Å². The first-order valence-electron chi connectivity index (χ1n) is 6.68. The molecule has 0 bridgehead atoms. The molecule has 0 unspecified atom stereocenters. The van der Waals surface area contributed by atoms with Crippen LogP contribution in [0.15, 0.2) is 0 Å². The quantitative estimate of drug-likeness (QED) is 0.646. The maximum Gasteiger partial charge on any atom is 0.335 e. The van der Waals surface area contributed by atoms with Crippen LogP contribution in [0.1, 0.15) is 13.3 Å². The Morgan fingerprint density at radius 1 is 0.941 bits per heavy atom. The van der Waals surface area contributed by atoms with E-state index >= 15 is 0 Å². The minimum atomic E-state index is -1.87.